The van der Waals surface area contributed by atoms with Crippen molar-refractivity contribution in [1.29, 1.82) is 0 Å². The molecule has 1 aromatic carbocycles. The monoisotopic (exact) mass is 285 g/mol. The summed E-state index contributed by atoms with van der Waals surface area (Å²) >= 11 is 0. The van der Waals surface area contributed by atoms with Crippen LogP contribution in [0.2, 0.25) is 0 Å². The van der Waals surface area contributed by atoms with Gasteiger partial charge in [0.25, 0.3) is 0 Å². The van der Waals surface area contributed by atoms with Crippen LogP contribution < -0.4 is 14.8 Å². The van der Waals surface area contributed by atoms with E-state index in [9.17, 15) is 8.78 Å². The van der Waals surface area contributed by atoms with E-state index >= 15 is 0 Å². The molecule has 3 nitrogen and oxygen atoms in total. The summed E-state index contributed by atoms with van der Waals surface area (Å²) < 4.78 is 34.7. The second kappa shape index (κ2) is 6.88. The summed E-state index contributed by atoms with van der Waals surface area (Å²) in [5.74, 6) is 1.20. The minimum atomic E-state index is -2.85. The lowest BCUT2D eigenvalue weighted by atomic mass is 10.1. The van der Waals surface area contributed by atoms with Gasteiger partial charge in [-0.1, -0.05) is 19.1 Å². The number of ether oxygens (including phenoxy) is 2. The summed E-state index contributed by atoms with van der Waals surface area (Å²) in [6, 6.07) is 5.64. The molecule has 20 heavy (non-hydrogen) atoms. The van der Waals surface area contributed by atoms with E-state index < -0.39 is 6.61 Å². The van der Waals surface area contributed by atoms with Gasteiger partial charge in [-0.05, 0) is 31.2 Å². The zero-order valence-corrected chi connectivity index (χ0v) is 11.9. The summed E-state index contributed by atoms with van der Waals surface area (Å²) in [6.45, 7) is -0.105. The Labute approximate surface area is 118 Å². The van der Waals surface area contributed by atoms with E-state index in [1.807, 2.05) is 0 Å². The van der Waals surface area contributed by atoms with Gasteiger partial charge in [-0.25, -0.2) is 0 Å². The van der Waals surface area contributed by atoms with E-state index in [-0.39, 0.29) is 5.75 Å². The van der Waals surface area contributed by atoms with Crippen LogP contribution in [0.5, 0.6) is 11.5 Å². The third kappa shape index (κ3) is 3.82. The van der Waals surface area contributed by atoms with E-state index in [1.165, 1.54) is 13.5 Å². The van der Waals surface area contributed by atoms with Crippen LogP contribution >= 0.6 is 0 Å². The van der Waals surface area contributed by atoms with Gasteiger partial charge in [0.15, 0.2) is 11.5 Å². The third-order valence-electron chi connectivity index (χ3n) is 3.76. The van der Waals surface area contributed by atoms with E-state index in [0.717, 1.165) is 18.8 Å². The molecule has 2 unspecified atom stereocenters. The zero-order valence-electron chi connectivity index (χ0n) is 11.9. The number of nitrogens with one attached hydrogen (secondary N) is 1. The van der Waals surface area contributed by atoms with Crippen molar-refractivity contribution in [3.8, 4) is 11.5 Å². The van der Waals surface area contributed by atoms with Crippen molar-refractivity contribution in [1.82, 2.24) is 5.32 Å². The largest absolute Gasteiger partial charge is 0.493 e. The maximum atomic E-state index is 12.5. The van der Waals surface area contributed by atoms with Crippen LogP contribution in [-0.2, 0) is 6.54 Å². The van der Waals surface area contributed by atoms with Gasteiger partial charge < -0.3 is 14.8 Å². The number of halogens is 2. The smallest absolute Gasteiger partial charge is 0.387 e. The first-order valence-corrected chi connectivity index (χ1v) is 6.94. The zero-order chi connectivity index (χ0) is 14.5. The predicted molar refractivity (Wildman–Crippen MR) is 73.3 cm³/mol. The van der Waals surface area contributed by atoms with Gasteiger partial charge in [0.2, 0.25) is 0 Å². The van der Waals surface area contributed by atoms with Crippen molar-refractivity contribution in [2.45, 2.75) is 45.4 Å². The number of hydrogen-bond donors (Lipinski definition) is 1. The maximum absolute atomic E-state index is 12.5. The summed E-state index contributed by atoms with van der Waals surface area (Å²) in [5.41, 5.74) is 0.698. The summed E-state index contributed by atoms with van der Waals surface area (Å²) in [5, 5.41) is 3.41. The topological polar surface area (TPSA) is 30.5 Å². The molecular weight excluding hydrogens is 264 g/mol. The Balaban J connectivity index is 2.05. The molecule has 0 radical (unpaired) electrons. The second-order valence-electron chi connectivity index (χ2n) is 5.32. The number of alkyl halides is 2. The Morgan fingerprint density at radius 2 is 2.15 bits per heavy atom. The molecule has 0 aromatic heterocycles. The van der Waals surface area contributed by atoms with Crippen molar-refractivity contribution < 1.29 is 18.3 Å². The normalized spacial score (nSPS) is 22.2. The summed E-state index contributed by atoms with van der Waals surface area (Å²) in [4.78, 5) is 0. The number of rotatable bonds is 6. The van der Waals surface area contributed by atoms with Gasteiger partial charge in [0.1, 0.15) is 0 Å². The number of hydrogen-bond acceptors (Lipinski definition) is 3. The highest BCUT2D eigenvalue weighted by Gasteiger charge is 2.22. The first kappa shape index (κ1) is 15.0. The Morgan fingerprint density at radius 1 is 1.35 bits per heavy atom. The molecule has 1 aliphatic rings. The van der Waals surface area contributed by atoms with E-state index in [2.05, 4.69) is 17.0 Å². The van der Waals surface area contributed by atoms with Crippen molar-refractivity contribution in [2.24, 2.45) is 5.92 Å². The van der Waals surface area contributed by atoms with Crippen molar-refractivity contribution in [3.63, 3.8) is 0 Å². The molecule has 2 atom stereocenters. The van der Waals surface area contributed by atoms with E-state index in [1.54, 1.807) is 18.2 Å². The average Bonchev–Trinajstić information content (AvgIpc) is 2.82. The van der Waals surface area contributed by atoms with Gasteiger partial charge in [0.05, 0.1) is 7.11 Å². The molecule has 0 heterocycles. The minimum Gasteiger partial charge on any atom is -0.493 e. The van der Waals surface area contributed by atoms with Crippen LogP contribution in [0, 0.1) is 5.92 Å². The SMILES string of the molecule is COc1cccc(CNC2CCC(C)C2)c1OC(F)F. The molecule has 0 spiro atoms. The Hall–Kier alpha value is -1.36. The number of methoxy groups -OCH3 is 1. The van der Waals surface area contributed by atoms with Crippen LogP contribution in [0.1, 0.15) is 31.7 Å². The first-order valence-electron chi connectivity index (χ1n) is 6.94. The number of para-hydroxylation sites is 1. The molecule has 2 rings (SSSR count). The van der Waals surface area contributed by atoms with E-state index in [0.29, 0.717) is 23.9 Å². The summed E-state index contributed by atoms with van der Waals surface area (Å²) in [7, 11) is 1.45. The molecule has 0 aliphatic heterocycles. The molecule has 1 saturated carbocycles. The molecule has 112 valence electrons. The lowest BCUT2D eigenvalue weighted by Crippen LogP contribution is -2.26. The standard InChI is InChI=1S/C15H21F2NO2/c1-10-6-7-12(8-10)18-9-11-4-3-5-13(19-2)14(11)20-15(16)17/h3-5,10,12,15,18H,6-9H2,1-2H3. The highest BCUT2D eigenvalue weighted by molar-refractivity contribution is 5.46. The highest BCUT2D eigenvalue weighted by Crippen LogP contribution is 2.33. The fraction of sp³-hybridized carbons (Fsp3) is 0.600. The van der Waals surface area contributed by atoms with Crippen molar-refractivity contribution >= 4 is 0 Å². The second-order valence-corrected chi connectivity index (χ2v) is 5.32. The predicted octanol–water partition coefficient (Wildman–Crippen LogP) is 3.57. The fourth-order valence-corrected chi connectivity index (χ4v) is 2.73. The van der Waals surface area contributed by atoms with Crippen LogP contribution in [0.25, 0.3) is 0 Å². The van der Waals surface area contributed by atoms with Gasteiger partial charge >= 0.3 is 6.61 Å². The molecule has 1 aromatic rings. The maximum Gasteiger partial charge on any atom is 0.387 e. The van der Waals surface area contributed by atoms with Crippen LogP contribution in [-0.4, -0.2) is 19.8 Å². The Morgan fingerprint density at radius 3 is 2.75 bits per heavy atom. The molecule has 1 aliphatic carbocycles. The first-order chi connectivity index (χ1) is 9.60. The van der Waals surface area contributed by atoms with Crippen LogP contribution in [0.15, 0.2) is 18.2 Å². The molecule has 0 bridgehead atoms. The highest BCUT2D eigenvalue weighted by atomic mass is 19.3. The fourth-order valence-electron chi connectivity index (χ4n) is 2.73. The molecule has 0 saturated heterocycles. The van der Waals surface area contributed by atoms with Gasteiger partial charge in [-0.3, -0.25) is 0 Å². The van der Waals surface area contributed by atoms with Crippen LogP contribution in [0.4, 0.5) is 8.78 Å². The van der Waals surface area contributed by atoms with Gasteiger partial charge in [-0.15, -0.1) is 0 Å². The quantitative estimate of drug-likeness (QED) is 0.866. The van der Waals surface area contributed by atoms with Crippen LogP contribution in [0.3, 0.4) is 0 Å². The lowest BCUT2D eigenvalue weighted by molar-refractivity contribution is -0.0518. The molecular formula is C15H21F2NO2. The molecule has 0 amide bonds. The minimum absolute atomic E-state index is 0.128. The lowest BCUT2D eigenvalue weighted by Gasteiger charge is -2.17. The van der Waals surface area contributed by atoms with Crippen molar-refractivity contribution in [3.05, 3.63) is 23.8 Å². The molecule has 1 fully saturated rings. The number of benzene rings is 1. The molecule has 1 N–H and O–H groups in total. The molecule has 5 heteroatoms. The Bertz CT molecular complexity index is 440. The van der Waals surface area contributed by atoms with E-state index in [4.69, 9.17) is 4.74 Å². The van der Waals surface area contributed by atoms with Gasteiger partial charge in [0, 0.05) is 18.2 Å². The Kier molecular flexibility index (Phi) is 5.17. The average molecular weight is 285 g/mol. The van der Waals surface area contributed by atoms with Crippen molar-refractivity contribution in [2.75, 3.05) is 7.11 Å². The van der Waals surface area contributed by atoms with Gasteiger partial charge in [-0.2, -0.15) is 8.78 Å². The summed E-state index contributed by atoms with van der Waals surface area (Å²) in [6.07, 6.45) is 3.49. The third-order valence-corrected chi connectivity index (χ3v) is 3.76.